The number of ether oxygens (including phenoxy) is 1. The lowest BCUT2D eigenvalue weighted by atomic mass is 10.1. The molecule has 0 aliphatic heterocycles. The van der Waals surface area contributed by atoms with Gasteiger partial charge in [0.15, 0.2) is 5.82 Å². The Morgan fingerprint density at radius 2 is 1.81 bits per heavy atom. The Bertz CT molecular complexity index is 1300. The van der Waals surface area contributed by atoms with Crippen LogP contribution in [0.15, 0.2) is 70.0 Å². The fourth-order valence-corrected chi connectivity index (χ4v) is 3.13. The summed E-state index contributed by atoms with van der Waals surface area (Å²) in [6.45, 7) is 1.69. The molecule has 0 fully saturated rings. The Morgan fingerprint density at radius 3 is 2.52 bits per heavy atom. The number of aryl methyl sites for hydroxylation is 1. The molecule has 2 heterocycles. The van der Waals surface area contributed by atoms with Crippen LogP contribution in [0.2, 0.25) is 0 Å². The van der Waals surface area contributed by atoms with E-state index in [1.54, 1.807) is 67.6 Å². The third-order valence-corrected chi connectivity index (χ3v) is 4.56. The van der Waals surface area contributed by atoms with E-state index in [4.69, 9.17) is 9.26 Å². The number of esters is 1. The van der Waals surface area contributed by atoms with Gasteiger partial charge in [0.05, 0.1) is 17.5 Å². The number of aromatic amines is 1. The fraction of sp³-hybridized carbons (Fsp3) is 0.136. The van der Waals surface area contributed by atoms with Crippen molar-refractivity contribution >= 4 is 28.5 Å². The highest BCUT2D eigenvalue weighted by atomic mass is 16.5. The van der Waals surface area contributed by atoms with Gasteiger partial charge >= 0.3 is 5.97 Å². The molecule has 4 aromatic rings. The molecule has 0 spiro atoms. The maximum atomic E-state index is 12.8. The quantitative estimate of drug-likeness (QED) is 0.461. The highest BCUT2D eigenvalue weighted by Gasteiger charge is 2.26. The number of hydrogen-bond donors (Lipinski definition) is 2. The molecule has 1 atom stereocenters. The van der Waals surface area contributed by atoms with E-state index in [-0.39, 0.29) is 17.8 Å². The second kappa shape index (κ2) is 8.62. The van der Waals surface area contributed by atoms with Crippen molar-refractivity contribution in [3.05, 3.63) is 88.0 Å². The molecule has 2 aromatic heterocycles. The summed E-state index contributed by atoms with van der Waals surface area (Å²) in [5.74, 6) is -0.510. The third kappa shape index (κ3) is 4.50. The molecule has 0 saturated carbocycles. The average molecular weight is 418 g/mol. The average Bonchev–Trinajstić information content (AvgIpc) is 3.19. The van der Waals surface area contributed by atoms with Crippen molar-refractivity contribution in [3.63, 3.8) is 0 Å². The first-order chi connectivity index (χ1) is 15.0. The van der Waals surface area contributed by atoms with Crippen LogP contribution in [0.3, 0.4) is 0 Å². The summed E-state index contributed by atoms with van der Waals surface area (Å²) < 4.78 is 10.5. The minimum atomic E-state index is -1.21. The molecule has 1 amide bonds. The van der Waals surface area contributed by atoms with E-state index in [2.05, 4.69) is 20.7 Å². The number of anilines is 1. The first-order valence-corrected chi connectivity index (χ1v) is 9.46. The van der Waals surface area contributed by atoms with Crippen LogP contribution in [0.1, 0.15) is 23.1 Å². The van der Waals surface area contributed by atoms with Crippen LogP contribution in [0, 0.1) is 6.92 Å². The number of rotatable bonds is 6. The van der Waals surface area contributed by atoms with Crippen molar-refractivity contribution in [1.29, 1.82) is 0 Å². The summed E-state index contributed by atoms with van der Waals surface area (Å²) >= 11 is 0. The van der Waals surface area contributed by atoms with Crippen LogP contribution in [0.25, 0.3) is 10.8 Å². The predicted molar refractivity (Wildman–Crippen MR) is 111 cm³/mol. The molecule has 2 aromatic carbocycles. The third-order valence-electron chi connectivity index (χ3n) is 4.56. The van der Waals surface area contributed by atoms with E-state index >= 15 is 0 Å². The number of carbonyl (C=O) groups is 2. The predicted octanol–water partition coefficient (Wildman–Crippen LogP) is 2.69. The van der Waals surface area contributed by atoms with Crippen molar-refractivity contribution < 1.29 is 18.8 Å². The van der Waals surface area contributed by atoms with Crippen molar-refractivity contribution in [2.45, 2.75) is 19.4 Å². The Morgan fingerprint density at radius 1 is 1.10 bits per heavy atom. The summed E-state index contributed by atoms with van der Waals surface area (Å²) in [7, 11) is 0. The molecule has 0 aliphatic rings. The normalized spacial score (nSPS) is 11.8. The Hall–Kier alpha value is -4.27. The van der Waals surface area contributed by atoms with Gasteiger partial charge < -0.3 is 14.6 Å². The van der Waals surface area contributed by atoms with Gasteiger partial charge in [0.25, 0.3) is 11.5 Å². The number of aromatic nitrogens is 3. The minimum Gasteiger partial charge on any atom is -0.447 e. The summed E-state index contributed by atoms with van der Waals surface area (Å²) in [5, 5.41) is 13.6. The lowest BCUT2D eigenvalue weighted by Gasteiger charge is -2.17. The summed E-state index contributed by atoms with van der Waals surface area (Å²) in [6, 6.07) is 17.0. The second-order valence-corrected chi connectivity index (χ2v) is 6.81. The molecule has 31 heavy (non-hydrogen) atoms. The number of H-pyrrole nitrogens is 1. The number of nitrogens with one attached hydrogen (secondary N) is 2. The number of fused-ring (bicyclic) bond motifs is 1. The summed E-state index contributed by atoms with van der Waals surface area (Å²) in [6.07, 6.45) is -1.43. The van der Waals surface area contributed by atoms with Gasteiger partial charge in [0.1, 0.15) is 5.76 Å². The largest absolute Gasteiger partial charge is 0.447 e. The van der Waals surface area contributed by atoms with Gasteiger partial charge in [-0.05, 0) is 13.0 Å². The number of benzene rings is 2. The fourth-order valence-electron chi connectivity index (χ4n) is 3.13. The smallest absolute Gasteiger partial charge is 0.313 e. The zero-order chi connectivity index (χ0) is 21.8. The van der Waals surface area contributed by atoms with Crippen LogP contribution >= 0.6 is 0 Å². The Balaban J connectivity index is 1.57. The van der Waals surface area contributed by atoms with Crippen molar-refractivity contribution in [2.75, 3.05) is 5.32 Å². The maximum absolute atomic E-state index is 12.8. The van der Waals surface area contributed by atoms with Crippen molar-refractivity contribution in [3.8, 4) is 0 Å². The Kier molecular flexibility index (Phi) is 5.57. The molecule has 9 heteroatoms. The van der Waals surface area contributed by atoms with Crippen LogP contribution in [0.5, 0.6) is 0 Å². The number of amides is 1. The summed E-state index contributed by atoms with van der Waals surface area (Å²) in [5.41, 5.74) is 0.490. The minimum absolute atomic E-state index is 0.216. The second-order valence-electron chi connectivity index (χ2n) is 6.81. The molecule has 0 saturated heterocycles. The van der Waals surface area contributed by atoms with Gasteiger partial charge in [-0.3, -0.25) is 14.4 Å². The molecular weight excluding hydrogens is 400 g/mol. The summed E-state index contributed by atoms with van der Waals surface area (Å²) in [4.78, 5) is 37.5. The first kappa shape index (κ1) is 20.0. The van der Waals surface area contributed by atoms with Crippen LogP contribution in [0.4, 0.5) is 5.82 Å². The molecule has 4 rings (SSSR count). The number of nitrogens with zero attached hydrogens (tertiary/aromatic N) is 2. The lowest BCUT2D eigenvalue weighted by Crippen LogP contribution is -2.27. The van der Waals surface area contributed by atoms with Gasteiger partial charge in [-0.1, -0.05) is 53.7 Å². The molecule has 0 radical (unpaired) electrons. The molecule has 2 N–H and O–H groups in total. The van der Waals surface area contributed by atoms with Gasteiger partial charge in [-0.15, -0.1) is 0 Å². The van der Waals surface area contributed by atoms with E-state index in [0.29, 0.717) is 27.8 Å². The lowest BCUT2D eigenvalue weighted by molar-refractivity contribution is -0.154. The molecule has 1 unspecified atom stereocenters. The van der Waals surface area contributed by atoms with Gasteiger partial charge in [-0.25, -0.2) is 5.10 Å². The SMILES string of the molecule is Cc1cc(NC(=O)C(OC(=O)Cc2n[nH]c(=O)c3ccccc23)c2ccccc2)no1. The topological polar surface area (TPSA) is 127 Å². The van der Waals surface area contributed by atoms with Crippen LogP contribution in [-0.4, -0.2) is 27.2 Å². The standard InChI is InChI=1S/C22H18N4O5/c1-13-11-18(26-31-13)23-22(29)20(14-7-3-2-4-8-14)30-19(27)12-17-15-9-5-6-10-16(15)21(28)25-24-17/h2-11,20H,12H2,1H3,(H,25,28)(H,23,26,29). The van der Waals surface area contributed by atoms with Gasteiger partial charge in [-0.2, -0.15) is 5.10 Å². The zero-order valence-corrected chi connectivity index (χ0v) is 16.5. The van der Waals surface area contributed by atoms with E-state index in [1.165, 1.54) is 0 Å². The van der Waals surface area contributed by atoms with Crippen LogP contribution < -0.4 is 10.9 Å². The van der Waals surface area contributed by atoms with Gasteiger partial charge in [0.2, 0.25) is 6.10 Å². The highest BCUT2D eigenvalue weighted by Crippen LogP contribution is 2.22. The highest BCUT2D eigenvalue weighted by molar-refractivity contribution is 5.95. The first-order valence-electron chi connectivity index (χ1n) is 9.46. The molecule has 0 bridgehead atoms. The van der Waals surface area contributed by atoms with Crippen LogP contribution in [-0.2, 0) is 20.7 Å². The van der Waals surface area contributed by atoms with E-state index in [9.17, 15) is 14.4 Å². The zero-order valence-electron chi connectivity index (χ0n) is 16.5. The van der Waals surface area contributed by atoms with E-state index < -0.39 is 18.0 Å². The molecule has 156 valence electrons. The van der Waals surface area contributed by atoms with E-state index in [0.717, 1.165) is 0 Å². The molecule has 9 nitrogen and oxygen atoms in total. The Labute approximate surface area is 176 Å². The monoisotopic (exact) mass is 418 g/mol. The van der Waals surface area contributed by atoms with E-state index in [1.807, 2.05) is 0 Å². The molecular formula is C22H18N4O5. The van der Waals surface area contributed by atoms with Gasteiger partial charge in [0, 0.05) is 17.0 Å². The maximum Gasteiger partial charge on any atom is 0.313 e. The van der Waals surface area contributed by atoms with Crippen molar-refractivity contribution in [1.82, 2.24) is 15.4 Å². The molecule has 0 aliphatic carbocycles. The van der Waals surface area contributed by atoms with Crippen molar-refractivity contribution in [2.24, 2.45) is 0 Å². The number of hydrogen-bond acceptors (Lipinski definition) is 7. The number of carbonyl (C=O) groups excluding carboxylic acids is 2.